The Morgan fingerprint density at radius 2 is 2.00 bits per heavy atom. The minimum absolute atomic E-state index is 0.00456. The largest absolute Gasteiger partial charge is 0.514 e. The number of para-hydroxylation sites is 1. The lowest BCUT2D eigenvalue weighted by Gasteiger charge is -2.04. The van der Waals surface area contributed by atoms with E-state index in [1.54, 1.807) is 0 Å². The summed E-state index contributed by atoms with van der Waals surface area (Å²) in [6, 6.07) is 11.0. The zero-order valence-corrected chi connectivity index (χ0v) is 13.4. The molecule has 1 heterocycles. The van der Waals surface area contributed by atoms with Crippen LogP contribution in [0, 0.1) is 17.0 Å². The Morgan fingerprint density at radius 1 is 1.25 bits per heavy atom. The van der Waals surface area contributed by atoms with Crippen molar-refractivity contribution < 1.29 is 19.2 Å². The van der Waals surface area contributed by atoms with Crippen LogP contribution in [0.4, 0.5) is 10.5 Å². The quantitative estimate of drug-likeness (QED) is 0.304. The molecule has 0 atom stereocenters. The molecule has 0 N–H and O–H groups in total. The molecule has 3 aromatic rings. The first-order valence-corrected chi connectivity index (χ1v) is 7.78. The van der Waals surface area contributed by atoms with Crippen LogP contribution in [-0.4, -0.2) is 16.1 Å². The van der Waals surface area contributed by atoms with Crippen LogP contribution in [0.25, 0.3) is 10.2 Å². The monoisotopic (exact) mass is 344 g/mol. The smallest absolute Gasteiger partial charge is 0.427 e. The van der Waals surface area contributed by atoms with Crippen molar-refractivity contribution in [3.05, 3.63) is 63.1 Å². The average molecular weight is 344 g/mol. The number of nitro groups is 1. The second-order valence-electron chi connectivity index (χ2n) is 4.92. The summed E-state index contributed by atoms with van der Waals surface area (Å²) in [5.74, 6) is 0.172. The van der Waals surface area contributed by atoms with Gasteiger partial charge in [0.05, 0.1) is 15.1 Å². The van der Waals surface area contributed by atoms with Crippen molar-refractivity contribution >= 4 is 33.4 Å². The number of ether oxygens (including phenoxy) is 2. The maximum atomic E-state index is 11.7. The lowest BCUT2D eigenvalue weighted by Crippen LogP contribution is -2.10. The van der Waals surface area contributed by atoms with E-state index in [9.17, 15) is 14.9 Å². The molecule has 1 aromatic heterocycles. The van der Waals surface area contributed by atoms with Crippen LogP contribution in [0.15, 0.2) is 42.5 Å². The molecule has 3 rings (SSSR count). The highest BCUT2D eigenvalue weighted by molar-refractivity contribution is 7.18. The molecule has 0 aliphatic rings. The molecule has 0 saturated carbocycles. The van der Waals surface area contributed by atoms with E-state index in [1.165, 1.54) is 35.6 Å². The number of carbonyl (C=O) groups excluding carboxylic acids is 1. The maximum Gasteiger partial charge on any atom is 0.514 e. The van der Waals surface area contributed by atoms with Crippen molar-refractivity contribution in [3.8, 4) is 5.75 Å². The summed E-state index contributed by atoms with van der Waals surface area (Å²) in [4.78, 5) is 26.1. The van der Waals surface area contributed by atoms with E-state index in [2.05, 4.69) is 4.98 Å². The van der Waals surface area contributed by atoms with E-state index in [0.717, 1.165) is 15.8 Å². The van der Waals surface area contributed by atoms with Crippen molar-refractivity contribution in [2.45, 2.75) is 13.5 Å². The van der Waals surface area contributed by atoms with Gasteiger partial charge in [-0.15, -0.1) is 11.3 Å². The van der Waals surface area contributed by atoms with Crippen LogP contribution in [0.5, 0.6) is 5.75 Å². The number of benzene rings is 2. The second-order valence-corrected chi connectivity index (χ2v) is 6.04. The zero-order chi connectivity index (χ0) is 17.1. The molecule has 24 heavy (non-hydrogen) atoms. The van der Waals surface area contributed by atoms with Crippen LogP contribution >= 0.6 is 11.3 Å². The second kappa shape index (κ2) is 6.63. The van der Waals surface area contributed by atoms with Crippen molar-refractivity contribution in [2.75, 3.05) is 0 Å². The summed E-state index contributed by atoms with van der Waals surface area (Å²) < 4.78 is 11.0. The maximum absolute atomic E-state index is 11.7. The van der Waals surface area contributed by atoms with E-state index in [1.807, 2.05) is 25.1 Å². The number of nitro benzene ring substituents is 1. The number of aromatic nitrogens is 1. The number of aryl methyl sites for hydroxylation is 1. The molecule has 8 heteroatoms. The average Bonchev–Trinajstić information content (AvgIpc) is 2.98. The first-order valence-electron chi connectivity index (χ1n) is 6.97. The third kappa shape index (κ3) is 3.49. The van der Waals surface area contributed by atoms with Crippen molar-refractivity contribution in [3.63, 3.8) is 0 Å². The summed E-state index contributed by atoms with van der Waals surface area (Å²) in [5.41, 5.74) is 1.87. The number of non-ortho nitro benzene ring substituents is 1. The Bertz CT molecular complexity index is 904. The van der Waals surface area contributed by atoms with Gasteiger partial charge in [0.25, 0.3) is 5.69 Å². The number of hydrogen-bond acceptors (Lipinski definition) is 7. The van der Waals surface area contributed by atoms with Gasteiger partial charge in [-0.25, -0.2) is 9.78 Å². The van der Waals surface area contributed by atoms with Gasteiger partial charge >= 0.3 is 6.16 Å². The molecule has 0 saturated heterocycles. The molecule has 7 nitrogen and oxygen atoms in total. The molecule has 0 radical (unpaired) electrons. The number of carbonyl (C=O) groups is 1. The third-order valence-corrected chi connectivity index (χ3v) is 4.22. The molecule has 0 amide bonds. The van der Waals surface area contributed by atoms with Crippen LogP contribution in [0.3, 0.4) is 0 Å². The van der Waals surface area contributed by atoms with Crippen LogP contribution in [0.1, 0.15) is 10.6 Å². The van der Waals surface area contributed by atoms with Gasteiger partial charge in [-0.05, 0) is 30.7 Å². The van der Waals surface area contributed by atoms with Gasteiger partial charge in [0.15, 0.2) is 0 Å². The number of hydrogen-bond donors (Lipinski definition) is 0. The van der Waals surface area contributed by atoms with Crippen LogP contribution < -0.4 is 4.74 Å². The molecular formula is C16H12N2O5S. The molecule has 2 aromatic carbocycles. The van der Waals surface area contributed by atoms with Crippen molar-refractivity contribution in [1.82, 2.24) is 4.98 Å². The van der Waals surface area contributed by atoms with Gasteiger partial charge < -0.3 is 9.47 Å². The molecule has 0 aliphatic heterocycles. The van der Waals surface area contributed by atoms with E-state index >= 15 is 0 Å². The Hall–Kier alpha value is -3.00. The fourth-order valence-electron chi connectivity index (χ4n) is 2.08. The predicted octanol–water partition coefficient (Wildman–Crippen LogP) is 4.23. The number of thiazole rings is 1. The molecule has 0 spiro atoms. The van der Waals surface area contributed by atoms with E-state index < -0.39 is 11.1 Å². The van der Waals surface area contributed by atoms with Gasteiger partial charge in [-0.3, -0.25) is 10.1 Å². The summed E-state index contributed by atoms with van der Waals surface area (Å²) in [7, 11) is 0. The SMILES string of the molecule is Cc1cccc2sc(COC(=O)Oc3ccc([N+](=O)[O-])cc3)nc12. The van der Waals surface area contributed by atoms with Crippen LogP contribution in [-0.2, 0) is 11.3 Å². The molecule has 0 bridgehead atoms. The first-order chi connectivity index (χ1) is 11.5. The normalized spacial score (nSPS) is 10.5. The van der Waals surface area contributed by atoms with Crippen molar-refractivity contribution in [2.24, 2.45) is 0 Å². The first kappa shape index (κ1) is 15.9. The standard InChI is InChI=1S/C16H12N2O5S/c1-10-3-2-4-13-15(10)17-14(24-13)9-22-16(19)23-12-7-5-11(6-8-12)18(20)21/h2-8H,9H2,1H3. The Balaban J connectivity index is 1.60. The van der Waals surface area contributed by atoms with Gasteiger partial charge in [0.1, 0.15) is 17.4 Å². The number of rotatable bonds is 4. The topological polar surface area (TPSA) is 91.6 Å². The molecular weight excluding hydrogens is 332 g/mol. The van der Waals surface area contributed by atoms with Gasteiger partial charge in [0, 0.05) is 12.1 Å². The van der Waals surface area contributed by atoms with E-state index in [0.29, 0.717) is 5.01 Å². The van der Waals surface area contributed by atoms with Crippen molar-refractivity contribution in [1.29, 1.82) is 0 Å². The lowest BCUT2D eigenvalue weighted by atomic mass is 10.2. The summed E-state index contributed by atoms with van der Waals surface area (Å²) in [6.45, 7) is 1.97. The third-order valence-electron chi connectivity index (χ3n) is 3.23. The Morgan fingerprint density at radius 3 is 2.67 bits per heavy atom. The van der Waals surface area contributed by atoms with E-state index in [4.69, 9.17) is 9.47 Å². The summed E-state index contributed by atoms with van der Waals surface area (Å²) in [5, 5.41) is 11.2. The number of nitrogens with zero attached hydrogens (tertiary/aromatic N) is 2. The fourth-order valence-corrected chi connectivity index (χ4v) is 3.03. The van der Waals surface area contributed by atoms with Gasteiger partial charge in [0.2, 0.25) is 0 Å². The molecule has 0 unspecified atom stereocenters. The Labute approximate surface area is 140 Å². The fraction of sp³-hybridized carbons (Fsp3) is 0.125. The summed E-state index contributed by atoms with van der Waals surface area (Å²) >= 11 is 1.45. The highest BCUT2D eigenvalue weighted by atomic mass is 32.1. The van der Waals surface area contributed by atoms with Gasteiger partial charge in [-0.1, -0.05) is 12.1 Å². The highest BCUT2D eigenvalue weighted by Gasteiger charge is 2.11. The highest BCUT2D eigenvalue weighted by Crippen LogP contribution is 2.25. The van der Waals surface area contributed by atoms with Crippen LogP contribution in [0.2, 0.25) is 0 Å². The Kier molecular flexibility index (Phi) is 4.39. The van der Waals surface area contributed by atoms with Gasteiger partial charge in [-0.2, -0.15) is 0 Å². The molecule has 0 fully saturated rings. The lowest BCUT2D eigenvalue weighted by molar-refractivity contribution is -0.384. The zero-order valence-electron chi connectivity index (χ0n) is 12.6. The minimum atomic E-state index is -0.889. The number of fused-ring (bicyclic) bond motifs is 1. The van der Waals surface area contributed by atoms with E-state index in [-0.39, 0.29) is 18.0 Å². The molecule has 122 valence electrons. The summed E-state index contributed by atoms with van der Waals surface area (Å²) in [6.07, 6.45) is -0.889. The molecule has 0 aliphatic carbocycles. The predicted molar refractivity (Wildman–Crippen MR) is 88.3 cm³/mol. The minimum Gasteiger partial charge on any atom is -0.427 e.